The Balaban J connectivity index is 1.79. The van der Waals surface area contributed by atoms with E-state index in [4.69, 9.17) is 0 Å². The largest absolute Gasteiger partial charge is 0.316 e. The SMILES string of the molecule is Cn1nccc1CCC1CCCCNC1. The minimum atomic E-state index is 0.863. The Labute approximate surface area is 91.9 Å². The molecule has 1 atom stereocenters. The van der Waals surface area contributed by atoms with Crippen molar-refractivity contribution in [2.45, 2.75) is 32.1 Å². The van der Waals surface area contributed by atoms with Crippen LogP contribution in [0.3, 0.4) is 0 Å². The fraction of sp³-hybridized carbons (Fsp3) is 0.750. The molecule has 0 spiro atoms. The first-order chi connectivity index (χ1) is 7.36. The van der Waals surface area contributed by atoms with E-state index in [0.717, 1.165) is 5.92 Å². The van der Waals surface area contributed by atoms with Gasteiger partial charge >= 0.3 is 0 Å². The Morgan fingerprint density at radius 3 is 3.27 bits per heavy atom. The van der Waals surface area contributed by atoms with Gasteiger partial charge < -0.3 is 5.32 Å². The molecule has 84 valence electrons. The Kier molecular flexibility index (Phi) is 3.78. The molecule has 0 aliphatic carbocycles. The summed E-state index contributed by atoms with van der Waals surface area (Å²) in [6.45, 7) is 2.42. The van der Waals surface area contributed by atoms with E-state index >= 15 is 0 Å². The third-order valence-corrected chi connectivity index (χ3v) is 3.38. The van der Waals surface area contributed by atoms with Gasteiger partial charge in [0.1, 0.15) is 0 Å². The molecule has 1 saturated heterocycles. The van der Waals surface area contributed by atoms with E-state index in [1.165, 1.54) is 50.9 Å². The molecule has 1 aromatic rings. The van der Waals surface area contributed by atoms with Gasteiger partial charge in [-0.05, 0) is 50.8 Å². The van der Waals surface area contributed by atoms with E-state index in [9.17, 15) is 0 Å². The van der Waals surface area contributed by atoms with Gasteiger partial charge in [-0.3, -0.25) is 4.68 Å². The van der Waals surface area contributed by atoms with Gasteiger partial charge in [0.05, 0.1) is 0 Å². The van der Waals surface area contributed by atoms with E-state index in [1.807, 2.05) is 17.9 Å². The maximum atomic E-state index is 4.20. The number of rotatable bonds is 3. The Morgan fingerprint density at radius 1 is 1.53 bits per heavy atom. The highest BCUT2D eigenvalue weighted by atomic mass is 15.2. The molecule has 3 nitrogen and oxygen atoms in total. The van der Waals surface area contributed by atoms with Crippen molar-refractivity contribution in [3.8, 4) is 0 Å². The molecule has 1 fully saturated rings. The normalized spacial score (nSPS) is 22.6. The van der Waals surface area contributed by atoms with Gasteiger partial charge in [0.25, 0.3) is 0 Å². The van der Waals surface area contributed by atoms with E-state index in [1.54, 1.807) is 0 Å². The predicted molar refractivity (Wildman–Crippen MR) is 61.7 cm³/mol. The molecule has 1 aliphatic rings. The first-order valence-electron chi connectivity index (χ1n) is 6.04. The van der Waals surface area contributed by atoms with Crippen LogP contribution in [0.1, 0.15) is 31.4 Å². The van der Waals surface area contributed by atoms with Crippen LogP contribution in [-0.4, -0.2) is 22.9 Å². The number of hydrogen-bond acceptors (Lipinski definition) is 2. The summed E-state index contributed by atoms with van der Waals surface area (Å²) in [6.07, 6.45) is 8.49. The molecule has 0 bridgehead atoms. The topological polar surface area (TPSA) is 29.9 Å². The van der Waals surface area contributed by atoms with Crippen LogP contribution >= 0.6 is 0 Å². The van der Waals surface area contributed by atoms with E-state index in [-0.39, 0.29) is 0 Å². The highest BCUT2D eigenvalue weighted by Crippen LogP contribution is 2.17. The Hall–Kier alpha value is -0.830. The number of nitrogens with zero attached hydrogens (tertiary/aromatic N) is 2. The number of aryl methyl sites for hydroxylation is 2. The summed E-state index contributed by atoms with van der Waals surface area (Å²) in [4.78, 5) is 0. The molecular formula is C12H21N3. The summed E-state index contributed by atoms with van der Waals surface area (Å²) in [5.41, 5.74) is 1.36. The number of aromatic nitrogens is 2. The van der Waals surface area contributed by atoms with Crippen molar-refractivity contribution in [3.05, 3.63) is 18.0 Å². The fourth-order valence-electron chi connectivity index (χ4n) is 2.34. The summed E-state index contributed by atoms with van der Waals surface area (Å²) >= 11 is 0. The van der Waals surface area contributed by atoms with E-state index < -0.39 is 0 Å². The zero-order valence-electron chi connectivity index (χ0n) is 9.58. The van der Waals surface area contributed by atoms with Crippen LogP contribution in [-0.2, 0) is 13.5 Å². The Bertz CT molecular complexity index is 285. The predicted octanol–water partition coefficient (Wildman–Crippen LogP) is 1.74. The van der Waals surface area contributed by atoms with Gasteiger partial charge in [-0.1, -0.05) is 6.42 Å². The molecule has 0 radical (unpaired) electrons. The smallest absolute Gasteiger partial charge is 0.0492 e. The van der Waals surface area contributed by atoms with Gasteiger partial charge in [0.15, 0.2) is 0 Å². The number of hydrogen-bond donors (Lipinski definition) is 1. The lowest BCUT2D eigenvalue weighted by Gasteiger charge is -2.13. The van der Waals surface area contributed by atoms with Crippen LogP contribution in [0.5, 0.6) is 0 Å². The van der Waals surface area contributed by atoms with Crippen molar-refractivity contribution < 1.29 is 0 Å². The molecule has 15 heavy (non-hydrogen) atoms. The lowest BCUT2D eigenvalue weighted by Crippen LogP contribution is -2.21. The van der Waals surface area contributed by atoms with E-state index in [0.29, 0.717) is 0 Å². The molecule has 1 unspecified atom stereocenters. The minimum Gasteiger partial charge on any atom is -0.316 e. The van der Waals surface area contributed by atoms with Gasteiger partial charge in [-0.15, -0.1) is 0 Å². The van der Waals surface area contributed by atoms with Crippen molar-refractivity contribution in [2.75, 3.05) is 13.1 Å². The first kappa shape index (κ1) is 10.7. The third-order valence-electron chi connectivity index (χ3n) is 3.38. The van der Waals surface area contributed by atoms with Crippen molar-refractivity contribution >= 4 is 0 Å². The van der Waals surface area contributed by atoms with Crippen molar-refractivity contribution in [1.82, 2.24) is 15.1 Å². The summed E-state index contributed by atoms with van der Waals surface area (Å²) in [5, 5.41) is 7.72. The van der Waals surface area contributed by atoms with Crippen LogP contribution in [0.2, 0.25) is 0 Å². The van der Waals surface area contributed by atoms with Crippen LogP contribution in [0.15, 0.2) is 12.3 Å². The van der Waals surface area contributed by atoms with Gasteiger partial charge in [0.2, 0.25) is 0 Å². The van der Waals surface area contributed by atoms with E-state index in [2.05, 4.69) is 16.5 Å². The zero-order chi connectivity index (χ0) is 10.5. The van der Waals surface area contributed by atoms with Gasteiger partial charge in [-0.2, -0.15) is 5.10 Å². The summed E-state index contributed by atoms with van der Waals surface area (Å²) in [7, 11) is 2.03. The minimum absolute atomic E-state index is 0.863. The van der Waals surface area contributed by atoms with Crippen LogP contribution in [0.4, 0.5) is 0 Å². The second-order valence-electron chi connectivity index (χ2n) is 4.55. The molecule has 0 saturated carbocycles. The molecule has 1 aliphatic heterocycles. The van der Waals surface area contributed by atoms with Crippen LogP contribution in [0, 0.1) is 5.92 Å². The molecule has 1 N–H and O–H groups in total. The first-order valence-corrected chi connectivity index (χ1v) is 6.04. The maximum Gasteiger partial charge on any atom is 0.0492 e. The molecule has 2 rings (SSSR count). The number of nitrogens with one attached hydrogen (secondary N) is 1. The summed E-state index contributed by atoms with van der Waals surface area (Å²) in [5.74, 6) is 0.863. The highest BCUT2D eigenvalue weighted by molar-refractivity contribution is 5.00. The Morgan fingerprint density at radius 2 is 2.47 bits per heavy atom. The van der Waals surface area contributed by atoms with Crippen molar-refractivity contribution in [1.29, 1.82) is 0 Å². The average molecular weight is 207 g/mol. The zero-order valence-corrected chi connectivity index (χ0v) is 9.58. The van der Waals surface area contributed by atoms with Crippen LogP contribution in [0.25, 0.3) is 0 Å². The molecule has 1 aromatic heterocycles. The lowest BCUT2D eigenvalue weighted by molar-refractivity contribution is 0.441. The van der Waals surface area contributed by atoms with Gasteiger partial charge in [-0.25, -0.2) is 0 Å². The second kappa shape index (κ2) is 5.31. The highest BCUT2D eigenvalue weighted by Gasteiger charge is 2.12. The van der Waals surface area contributed by atoms with Crippen LogP contribution < -0.4 is 5.32 Å². The molecule has 0 amide bonds. The molecule has 2 heterocycles. The van der Waals surface area contributed by atoms with Gasteiger partial charge in [0, 0.05) is 18.9 Å². The lowest BCUT2D eigenvalue weighted by atomic mass is 9.97. The quantitative estimate of drug-likeness (QED) is 0.818. The summed E-state index contributed by atoms with van der Waals surface area (Å²) in [6, 6.07) is 2.13. The molecular weight excluding hydrogens is 186 g/mol. The molecule has 0 aromatic carbocycles. The van der Waals surface area contributed by atoms with Crippen molar-refractivity contribution in [2.24, 2.45) is 13.0 Å². The monoisotopic (exact) mass is 207 g/mol. The fourth-order valence-corrected chi connectivity index (χ4v) is 2.34. The second-order valence-corrected chi connectivity index (χ2v) is 4.55. The average Bonchev–Trinajstić information content (AvgIpc) is 2.53. The third kappa shape index (κ3) is 3.06. The van der Waals surface area contributed by atoms with Crippen molar-refractivity contribution in [3.63, 3.8) is 0 Å². The standard InChI is InChI=1S/C12H21N3/c1-15-12(7-9-14-15)6-5-11-4-2-3-8-13-10-11/h7,9,11,13H,2-6,8,10H2,1H3. The maximum absolute atomic E-state index is 4.20. The molecule has 3 heteroatoms. The summed E-state index contributed by atoms with van der Waals surface area (Å²) < 4.78 is 1.99.